The molecule has 6 nitrogen and oxygen atoms in total. The molecule has 1 aromatic carbocycles. The van der Waals surface area contributed by atoms with Gasteiger partial charge in [-0.05, 0) is 26.0 Å². The zero-order valence-electron chi connectivity index (χ0n) is 11.7. The average molecular weight is 292 g/mol. The number of carboxylic acids is 1. The smallest absolute Gasteiger partial charge is 0.349 e. The fraction of sp³-hybridized carbons (Fsp3) is 0.133. The number of phenols is 1. The Morgan fingerprint density at radius 1 is 1.14 bits per heavy atom. The van der Waals surface area contributed by atoms with Crippen molar-refractivity contribution in [3.63, 3.8) is 0 Å². The van der Waals surface area contributed by atoms with Crippen molar-refractivity contribution in [3.05, 3.63) is 54.1 Å². The first-order valence-electron chi connectivity index (χ1n) is 5.81. The lowest BCUT2D eigenvalue weighted by Crippen LogP contribution is -2.10. The highest BCUT2D eigenvalue weighted by atomic mass is 16.6. The van der Waals surface area contributed by atoms with Crippen LogP contribution in [0, 0.1) is 0 Å². The Morgan fingerprint density at radius 2 is 1.67 bits per heavy atom. The monoisotopic (exact) mass is 292 g/mol. The standard InChI is InChI=1S/C11H8O6.C4H8/c12-8-4-2-1-3-7(8)11(16)17-10(15)6-5-9(13)14;1-4(2)3/h1-6,12H,(H,13,14);1H2,2-3H3. The summed E-state index contributed by atoms with van der Waals surface area (Å²) in [5.41, 5.74) is 0.990. The summed E-state index contributed by atoms with van der Waals surface area (Å²) in [6.07, 6.45) is 1.14. The molecule has 0 saturated carbocycles. The maximum absolute atomic E-state index is 11.3. The van der Waals surface area contributed by atoms with Gasteiger partial charge < -0.3 is 14.9 Å². The van der Waals surface area contributed by atoms with Crippen LogP contribution in [0.3, 0.4) is 0 Å². The molecule has 0 unspecified atom stereocenters. The molecule has 1 aromatic rings. The van der Waals surface area contributed by atoms with Crippen LogP contribution in [-0.2, 0) is 14.3 Å². The van der Waals surface area contributed by atoms with E-state index in [2.05, 4.69) is 11.3 Å². The van der Waals surface area contributed by atoms with Crippen LogP contribution in [0.4, 0.5) is 0 Å². The Balaban J connectivity index is 0.000000885. The topological polar surface area (TPSA) is 101 Å². The van der Waals surface area contributed by atoms with Gasteiger partial charge in [-0.1, -0.05) is 17.7 Å². The summed E-state index contributed by atoms with van der Waals surface area (Å²) in [6.45, 7) is 7.50. The summed E-state index contributed by atoms with van der Waals surface area (Å²) >= 11 is 0. The Labute approximate surface area is 122 Å². The number of benzene rings is 1. The van der Waals surface area contributed by atoms with Gasteiger partial charge in [0.1, 0.15) is 11.3 Å². The highest BCUT2D eigenvalue weighted by molar-refractivity contribution is 6.02. The van der Waals surface area contributed by atoms with Gasteiger partial charge in [0.15, 0.2) is 0 Å². The van der Waals surface area contributed by atoms with Gasteiger partial charge in [-0.3, -0.25) is 0 Å². The predicted molar refractivity (Wildman–Crippen MR) is 75.8 cm³/mol. The fourth-order valence-corrected chi connectivity index (χ4v) is 0.966. The first-order valence-corrected chi connectivity index (χ1v) is 5.81. The largest absolute Gasteiger partial charge is 0.507 e. The van der Waals surface area contributed by atoms with Crippen molar-refractivity contribution in [1.29, 1.82) is 0 Å². The van der Waals surface area contributed by atoms with Crippen LogP contribution >= 0.6 is 0 Å². The highest BCUT2D eigenvalue weighted by Crippen LogP contribution is 2.16. The van der Waals surface area contributed by atoms with Crippen LogP contribution in [-0.4, -0.2) is 28.1 Å². The number of carbonyl (C=O) groups is 3. The van der Waals surface area contributed by atoms with Crippen molar-refractivity contribution in [2.45, 2.75) is 13.8 Å². The van der Waals surface area contributed by atoms with E-state index >= 15 is 0 Å². The molecule has 1 rings (SSSR count). The number of carboxylic acid groups (broad SMARTS) is 1. The number of phenolic OH excluding ortho intramolecular Hbond substituents is 1. The number of aliphatic carboxylic acids is 1. The van der Waals surface area contributed by atoms with Gasteiger partial charge in [0.05, 0.1) is 0 Å². The molecule has 21 heavy (non-hydrogen) atoms. The van der Waals surface area contributed by atoms with E-state index in [9.17, 15) is 19.5 Å². The SMILES string of the molecule is C=C(C)C.O=C(O)C=CC(=O)OC(=O)c1ccccc1O. The zero-order chi connectivity index (χ0) is 16.4. The van der Waals surface area contributed by atoms with E-state index in [4.69, 9.17) is 5.11 Å². The Bertz CT molecular complexity index is 567. The molecule has 0 fully saturated rings. The number of allylic oxidation sites excluding steroid dienone is 1. The summed E-state index contributed by atoms with van der Waals surface area (Å²) < 4.78 is 4.28. The minimum Gasteiger partial charge on any atom is -0.507 e. The van der Waals surface area contributed by atoms with Gasteiger partial charge >= 0.3 is 17.9 Å². The third kappa shape index (κ3) is 8.77. The number of aromatic hydroxyl groups is 1. The molecule has 0 heterocycles. The molecule has 112 valence electrons. The fourth-order valence-electron chi connectivity index (χ4n) is 0.966. The van der Waals surface area contributed by atoms with Crippen LogP contribution < -0.4 is 0 Å². The lowest BCUT2D eigenvalue weighted by Gasteiger charge is -2.01. The minimum atomic E-state index is -1.34. The predicted octanol–water partition coefficient (Wildman–Crippen LogP) is 2.30. The van der Waals surface area contributed by atoms with Gasteiger partial charge in [0, 0.05) is 12.2 Å². The quantitative estimate of drug-likeness (QED) is 0.383. The highest BCUT2D eigenvalue weighted by Gasteiger charge is 2.14. The second-order valence-electron chi connectivity index (χ2n) is 4.10. The van der Waals surface area contributed by atoms with E-state index in [1.807, 2.05) is 13.8 Å². The summed E-state index contributed by atoms with van der Waals surface area (Å²) in [6, 6.07) is 5.51. The molecule has 0 radical (unpaired) electrons. The number of rotatable bonds is 3. The number of esters is 2. The van der Waals surface area contributed by atoms with Gasteiger partial charge in [0.2, 0.25) is 0 Å². The maximum Gasteiger partial charge on any atom is 0.349 e. The third-order valence-electron chi connectivity index (χ3n) is 1.68. The minimum absolute atomic E-state index is 0.176. The van der Waals surface area contributed by atoms with Gasteiger partial charge in [0.25, 0.3) is 0 Å². The van der Waals surface area contributed by atoms with E-state index in [-0.39, 0.29) is 11.3 Å². The molecule has 0 spiro atoms. The molecule has 6 heteroatoms. The van der Waals surface area contributed by atoms with Gasteiger partial charge in [-0.2, -0.15) is 0 Å². The first-order chi connectivity index (χ1) is 9.73. The van der Waals surface area contributed by atoms with E-state index in [0.717, 1.165) is 0 Å². The lowest BCUT2D eigenvalue weighted by atomic mass is 10.2. The molecular formula is C15H16O6. The molecular weight excluding hydrogens is 276 g/mol. The second kappa shape index (κ2) is 9.08. The molecule has 0 atom stereocenters. The molecule has 0 aromatic heterocycles. The van der Waals surface area contributed by atoms with Crippen molar-refractivity contribution in [1.82, 2.24) is 0 Å². The van der Waals surface area contributed by atoms with Gasteiger partial charge in [-0.15, -0.1) is 6.58 Å². The maximum atomic E-state index is 11.3. The van der Waals surface area contributed by atoms with Crippen molar-refractivity contribution >= 4 is 17.9 Å². The molecule has 0 aliphatic rings. The normalized spacial score (nSPS) is 9.43. The summed E-state index contributed by atoms with van der Waals surface area (Å²) in [5.74, 6) is -3.84. The summed E-state index contributed by atoms with van der Waals surface area (Å²) in [5, 5.41) is 17.5. The lowest BCUT2D eigenvalue weighted by molar-refractivity contribution is -0.134. The molecule has 0 aliphatic carbocycles. The number of ether oxygens (including phenoxy) is 1. The van der Waals surface area contributed by atoms with Crippen LogP contribution in [0.2, 0.25) is 0 Å². The summed E-state index contributed by atoms with van der Waals surface area (Å²) in [7, 11) is 0. The Hall–Kier alpha value is -2.89. The van der Waals surface area contributed by atoms with Crippen molar-refractivity contribution in [2.75, 3.05) is 0 Å². The van der Waals surface area contributed by atoms with Crippen LogP contribution in [0.15, 0.2) is 48.6 Å². The second-order valence-corrected chi connectivity index (χ2v) is 4.10. The van der Waals surface area contributed by atoms with Crippen molar-refractivity contribution in [2.24, 2.45) is 0 Å². The number of hydrogen-bond donors (Lipinski definition) is 2. The van der Waals surface area contributed by atoms with Gasteiger partial charge in [-0.25, -0.2) is 14.4 Å². The molecule has 0 aliphatic heterocycles. The molecule has 0 bridgehead atoms. The molecule has 2 N–H and O–H groups in total. The van der Waals surface area contributed by atoms with Crippen LogP contribution in [0.5, 0.6) is 5.75 Å². The van der Waals surface area contributed by atoms with Crippen LogP contribution in [0.25, 0.3) is 0 Å². The molecule has 0 saturated heterocycles. The Morgan fingerprint density at radius 3 is 2.14 bits per heavy atom. The summed E-state index contributed by atoms with van der Waals surface area (Å²) in [4.78, 5) is 32.4. The first kappa shape index (κ1) is 18.1. The average Bonchev–Trinajstić information content (AvgIpc) is 2.36. The number of hydrogen-bond acceptors (Lipinski definition) is 5. The third-order valence-corrected chi connectivity index (χ3v) is 1.68. The zero-order valence-corrected chi connectivity index (χ0v) is 11.7. The van der Waals surface area contributed by atoms with Crippen molar-refractivity contribution < 1.29 is 29.3 Å². The molecule has 0 amide bonds. The van der Waals surface area contributed by atoms with Crippen molar-refractivity contribution in [3.8, 4) is 5.75 Å². The van der Waals surface area contributed by atoms with E-state index in [1.54, 1.807) is 0 Å². The van der Waals surface area contributed by atoms with Crippen LogP contribution in [0.1, 0.15) is 24.2 Å². The number of para-hydroxylation sites is 1. The van der Waals surface area contributed by atoms with E-state index < -0.39 is 17.9 Å². The van der Waals surface area contributed by atoms with E-state index in [1.165, 1.54) is 29.8 Å². The number of carbonyl (C=O) groups excluding carboxylic acids is 2. The Kier molecular flexibility index (Phi) is 7.83. The van der Waals surface area contributed by atoms with E-state index in [0.29, 0.717) is 12.2 Å².